The van der Waals surface area contributed by atoms with Crippen LogP contribution in [0.4, 0.5) is 26.3 Å². The van der Waals surface area contributed by atoms with Crippen LogP contribution >= 0.6 is 0 Å². The molecule has 2 aromatic carbocycles. The van der Waals surface area contributed by atoms with Gasteiger partial charge in [-0.25, -0.2) is 8.42 Å². The normalized spacial score (nSPS) is 16.0. The second-order valence-corrected chi connectivity index (χ2v) is 10.1. The van der Waals surface area contributed by atoms with Crippen LogP contribution in [0.2, 0.25) is 0 Å². The van der Waals surface area contributed by atoms with Crippen molar-refractivity contribution >= 4 is 15.7 Å². The summed E-state index contributed by atoms with van der Waals surface area (Å²) < 4.78 is 112. The summed E-state index contributed by atoms with van der Waals surface area (Å²) in [6.07, 6.45) is -10.7. The van der Waals surface area contributed by atoms with E-state index in [1.54, 1.807) is 0 Å². The van der Waals surface area contributed by atoms with Crippen molar-refractivity contribution in [1.29, 1.82) is 0 Å². The van der Waals surface area contributed by atoms with E-state index < -0.39 is 61.7 Å². The first kappa shape index (κ1) is 26.6. The fourth-order valence-corrected chi connectivity index (χ4v) is 4.39. The van der Waals surface area contributed by atoms with Crippen molar-refractivity contribution in [1.82, 2.24) is 4.90 Å². The Labute approximate surface area is 197 Å². The molecule has 1 saturated heterocycles. The highest BCUT2D eigenvalue weighted by molar-refractivity contribution is 7.90. The molecule has 6 nitrogen and oxygen atoms in total. The van der Waals surface area contributed by atoms with Gasteiger partial charge >= 0.3 is 12.4 Å². The highest BCUT2D eigenvalue weighted by Gasteiger charge is 2.41. The summed E-state index contributed by atoms with van der Waals surface area (Å²) in [4.78, 5) is 14.1. The first-order valence-corrected chi connectivity index (χ1v) is 12.0. The third-order valence-corrected chi connectivity index (χ3v) is 6.66. The summed E-state index contributed by atoms with van der Waals surface area (Å²) in [5.41, 5.74) is -0.769. The van der Waals surface area contributed by atoms with Crippen LogP contribution in [-0.4, -0.2) is 58.0 Å². The lowest BCUT2D eigenvalue weighted by atomic mass is 9.90. The van der Waals surface area contributed by atoms with E-state index in [0.29, 0.717) is 5.56 Å². The molecule has 1 fully saturated rings. The highest BCUT2D eigenvalue weighted by Crippen LogP contribution is 2.40. The van der Waals surface area contributed by atoms with Crippen LogP contribution in [0.25, 0.3) is 0 Å². The molecule has 0 radical (unpaired) electrons. The fourth-order valence-electron chi connectivity index (χ4n) is 3.56. The van der Waals surface area contributed by atoms with Crippen molar-refractivity contribution in [2.75, 3.05) is 26.5 Å². The molecule has 0 saturated carbocycles. The van der Waals surface area contributed by atoms with Crippen LogP contribution in [0, 0.1) is 0 Å². The van der Waals surface area contributed by atoms with Crippen LogP contribution in [0.15, 0.2) is 41.3 Å². The van der Waals surface area contributed by atoms with Crippen molar-refractivity contribution in [3.63, 3.8) is 0 Å². The predicted octanol–water partition coefficient (Wildman–Crippen LogP) is 4.69. The molecule has 1 aliphatic rings. The van der Waals surface area contributed by atoms with Gasteiger partial charge in [0, 0.05) is 25.3 Å². The monoisotopic (exact) mass is 525 g/mol. The molecule has 1 heterocycles. The number of hydrogen-bond acceptors (Lipinski definition) is 5. The maximum absolute atomic E-state index is 13.2. The number of halogens is 6. The standard InChI is InChI=1S/C22H21F6NO5S/c1-12(21(23,24)25)34-16-8-9-17(35(3,31)32)19(33-2)18(16)20(30)29-10-14(11-29)13-4-6-15(7-5-13)22(26,27)28/h4-9,12,14H,10-11H2,1-3H3. The van der Waals surface area contributed by atoms with Crippen LogP contribution < -0.4 is 9.47 Å². The smallest absolute Gasteiger partial charge is 0.425 e. The molecule has 0 spiro atoms. The zero-order valence-electron chi connectivity index (χ0n) is 18.7. The molecule has 192 valence electrons. The molecule has 1 atom stereocenters. The quantitative estimate of drug-likeness (QED) is 0.512. The van der Waals surface area contributed by atoms with Crippen LogP contribution in [-0.2, 0) is 16.0 Å². The van der Waals surface area contributed by atoms with Gasteiger partial charge in [0.1, 0.15) is 16.2 Å². The van der Waals surface area contributed by atoms with Crippen LogP contribution in [0.1, 0.15) is 34.3 Å². The Balaban J connectivity index is 1.92. The van der Waals surface area contributed by atoms with E-state index in [1.165, 1.54) is 17.0 Å². The van der Waals surface area contributed by atoms with E-state index in [0.717, 1.165) is 44.6 Å². The van der Waals surface area contributed by atoms with Crippen molar-refractivity contribution in [2.45, 2.75) is 36.2 Å². The number of sulfone groups is 1. The Kier molecular flexibility index (Phi) is 7.04. The van der Waals surface area contributed by atoms with Gasteiger partial charge in [-0.2, -0.15) is 26.3 Å². The second kappa shape index (κ2) is 9.25. The number of carbonyl (C=O) groups is 1. The zero-order valence-corrected chi connectivity index (χ0v) is 19.5. The molecule has 13 heteroatoms. The minimum Gasteiger partial charge on any atom is -0.494 e. The molecule has 2 aromatic rings. The Morgan fingerprint density at radius 2 is 1.60 bits per heavy atom. The maximum atomic E-state index is 13.2. The highest BCUT2D eigenvalue weighted by atomic mass is 32.2. The van der Waals surface area contributed by atoms with Crippen molar-refractivity contribution in [3.05, 3.63) is 53.1 Å². The predicted molar refractivity (Wildman–Crippen MR) is 112 cm³/mol. The molecule has 0 aromatic heterocycles. The average Bonchev–Trinajstić information content (AvgIpc) is 2.70. The summed E-state index contributed by atoms with van der Waals surface area (Å²) in [5, 5.41) is 0. The Bertz CT molecular complexity index is 1200. The van der Waals surface area contributed by atoms with Crippen LogP contribution in [0.5, 0.6) is 11.5 Å². The molecule has 35 heavy (non-hydrogen) atoms. The first-order valence-electron chi connectivity index (χ1n) is 10.1. The fraction of sp³-hybridized carbons (Fsp3) is 0.409. The van der Waals surface area contributed by atoms with Gasteiger partial charge in [0.2, 0.25) is 0 Å². The molecular weight excluding hydrogens is 504 g/mol. The van der Waals surface area contributed by atoms with E-state index in [9.17, 15) is 39.6 Å². The molecule has 0 N–H and O–H groups in total. The molecular formula is C22H21F6NO5S. The number of benzene rings is 2. The number of carbonyl (C=O) groups excluding carboxylic acids is 1. The van der Waals surface area contributed by atoms with Crippen LogP contribution in [0.3, 0.4) is 0 Å². The number of likely N-dealkylation sites (tertiary alicyclic amines) is 1. The number of alkyl halides is 6. The van der Waals surface area contributed by atoms with Gasteiger partial charge in [-0.05, 0) is 36.8 Å². The maximum Gasteiger partial charge on any atom is 0.425 e. The van der Waals surface area contributed by atoms with E-state index >= 15 is 0 Å². The first-order chi connectivity index (χ1) is 16.0. The van der Waals surface area contributed by atoms with E-state index in [2.05, 4.69) is 0 Å². The zero-order chi connectivity index (χ0) is 26.3. The minimum absolute atomic E-state index is 0.0463. The molecule has 0 aliphatic carbocycles. The number of nitrogens with zero attached hydrogens (tertiary/aromatic N) is 1. The number of amides is 1. The second-order valence-electron chi connectivity index (χ2n) is 8.07. The summed E-state index contributed by atoms with van der Waals surface area (Å²) >= 11 is 0. The molecule has 1 amide bonds. The summed E-state index contributed by atoms with van der Waals surface area (Å²) in [7, 11) is -2.86. The number of hydrogen-bond donors (Lipinski definition) is 0. The third-order valence-electron chi connectivity index (χ3n) is 5.54. The molecule has 1 unspecified atom stereocenters. The Morgan fingerprint density at radius 3 is 2.06 bits per heavy atom. The van der Waals surface area contributed by atoms with Gasteiger partial charge in [-0.3, -0.25) is 4.79 Å². The largest absolute Gasteiger partial charge is 0.494 e. The van der Waals surface area contributed by atoms with Crippen molar-refractivity contribution < 1.29 is 49.0 Å². The van der Waals surface area contributed by atoms with Gasteiger partial charge in [0.25, 0.3) is 5.91 Å². The minimum atomic E-state index is -4.76. The summed E-state index contributed by atoms with van der Waals surface area (Å²) in [6.45, 7) is 0.824. The molecule has 0 bridgehead atoms. The lowest BCUT2D eigenvalue weighted by Crippen LogP contribution is -2.48. The van der Waals surface area contributed by atoms with Gasteiger partial charge in [0.05, 0.1) is 12.7 Å². The molecule has 1 aliphatic heterocycles. The van der Waals surface area contributed by atoms with E-state index in [1.807, 2.05) is 0 Å². The Morgan fingerprint density at radius 1 is 1.03 bits per heavy atom. The summed E-state index contributed by atoms with van der Waals surface area (Å²) in [6, 6.07) is 6.37. The van der Waals surface area contributed by atoms with Crippen molar-refractivity contribution in [3.8, 4) is 11.5 Å². The SMILES string of the molecule is COc1c(S(C)(=O)=O)ccc(OC(C)C(F)(F)F)c1C(=O)N1CC(c2ccc(C(F)(F)F)cc2)C1. The van der Waals surface area contributed by atoms with Gasteiger partial charge < -0.3 is 14.4 Å². The van der Waals surface area contributed by atoms with Crippen molar-refractivity contribution in [2.24, 2.45) is 0 Å². The number of ether oxygens (including phenoxy) is 2. The van der Waals surface area contributed by atoms with Gasteiger partial charge in [-0.15, -0.1) is 0 Å². The van der Waals surface area contributed by atoms with Gasteiger partial charge in [0.15, 0.2) is 21.7 Å². The third kappa shape index (κ3) is 5.65. The van der Waals surface area contributed by atoms with E-state index in [4.69, 9.17) is 9.47 Å². The van der Waals surface area contributed by atoms with E-state index in [-0.39, 0.29) is 19.0 Å². The van der Waals surface area contributed by atoms with Gasteiger partial charge in [-0.1, -0.05) is 12.1 Å². The summed E-state index contributed by atoms with van der Waals surface area (Å²) in [5.74, 6) is -2.12. The molecule has 3 rings (SSSR count). The lowest BCUT2D eigenvalue weighted by Gasteiger charge is -2.40. The topological polar surface area (TPSA) is 72.9 Å². The lowest BCUT2D eigenvalue weighted by molar-refractivity contribution is -0.189. The Hall–Kier alpha value is -2.96. The number of rotatable bonds is 6. The number of methoxy groups -OCH3 is 1. The average molecular weight is 525 g/mol.